The van der Waals surface area contributed by atoms with Crippen LogP contribution in [0.25, 0.3) is 0 Å². The molecule has 2 aliphatic heterocycles. The maximum atomic E-state index is 5.31. The summed E-state index contributed by atoms with van der Waals surface area (Å²) in [4.78, 5) is 5.46. The van der Waals surface area contributed by atoms with E-state index >= 15 is 0 Å². The second-order valence-electron chi connectivity index (χ2n) is 8.91. The molecule has 3 aromatic carbocycles. The van der Waals surface area contributed by atoms with E-state index in [-0.39, 0.29) is 24.8 Å². The monoisotopic (exact) mass is 484 g/mol. The number of ether oxygens (including phenoxy) is 1. The molecule has 0 spiro atoms. The number of fused-ring (bicyclic) bond motifs is 2. The molecule has 5 heteroatoms. The first-order chi connectivity index (χ1) is 15.3. The third-order valence-electron chi connectivity index (χ3n) is 7.15. The first kappa shape index (κ1) is 25.6. The van der Waals surface area contributed by atoms with E-state index in [0.717, 1.165) is 25.4 Å². The van der Waals surface area contributed by atoms with E-state index in [1.807, 2.05) is 0 Å². The zero-order valence-electron chi connectivity index (χ0n) is 19.2. The predicted octanol–water partition coefficient (Wildman–Crippen LogP) is 6.02. The second-order valence-corrected chi connectivity index (χ2v) is 8.91. The van der Waals surface area contributed by atoms with Gasteiger partial charge in [-0.25, -0.2) is 0 Å². The van der Waals surface area contributed by atoms with Crippen LogP contribution in [0, 0.1) is 0 Å². The SMILES string of the molecule is COc1ccc(CN2CCN3C[C@H]2CC[C@@H]3C(c2ccccc2)c2ccccc2)cc1.Cl.Cl. The van der Waals surface area contributed by atoms with Crippen LogP contribution in [0.3, 0.4) is 0 Å². The lowest BCUT2D eigenvalue weighted by atomic mass is 9.79. The summed E-state index contributed by atoms with van der Waals surface area (Å²) in [5, 5.41) is 0. The highest BCUT2D eigenvalue weighted by molar-refractivity contribution is 5.85. The van der Waals surface area contributed by atoms with E-state index < -0.39 is 0 Å². The minimum absolute atomic E-state index is 0. The molecule has 3 nitrogen and oxygen atoms in total. The Bertz CT molecular complexity index is 929. The summed E-state index contributed by atoms with van der Waals surface area (Å²) in [5.41, 5.74) is 4.26. The quantitative estimate of drug-likeness (QED) is 0.425. The number of piperazine rings is 1. The van der Waals surface area contributed by atoms with E-state index in [0.29, 0.717) is 18.0 Å². The van der Waals surface area contributed by atoms with Gasteiger partial charge in [-0.1, -0.05) is 72.8 Å². The Morgan fingerprint density at radius 3 is 1.97 bits per heavy atom. The van der Waals surface area contributed by atoms with Crippen molar-refractivity contribution >= 4 is 24.8 Å². The first-order valence-electron chi connectivity index (χ1n) is 11.5. The molecule has 176 valence electrons. The van der Waals surface area contributed by atoms with Gasteiger partial charge in [0.05, 0.1) is 7.11 Å². The van der Waals surface area contributed by atoms with Gasteiger partial charge in [0.1, 0.15) is 5.75 Å². The van der Waals surface area contributed by atoms with Crippen molar-refractivity contribution in [2.24, 2.45) is 0 Å². The van der Waals surface area contributed by atoms with Crippen LogP contribution in [0.5, 0.6) is 5.75 Å². The van der Waals surface area contributed by atoms with Crippen molar-refractivity contribution in [2.75, 3.05) is 26.7 Å². The van der Waals surface area contributed by atoms with E-state index in [9.17, 15) is 0 Å². The Labute approximate surface area is 210 Å². The lowest BCUT2D eigenvalue weighted by Gasteiger charge is -2.51. The maximum Gasteiger partial charge on any atom is 0.118 e. The molecule has 2 saturated heterocycles. The minimum atomic E-state index is 0. The van der Waals surface area contributed by atoms with Crippen LogP contribution in [0.4, 0.5) is 0 Å². The van der Waals surface area contributed by atoms with Crippen LogP contribution >= 0.6 is 24.8 Å². The van der Waals surface area contributed by atoms with Gasteiger partial charge in [0.25, 0.3) is 0 Å². The van der Waals surface area contributed by atoms with Crippen molar-refractivity contribution in [1.29, 1.82) is 0 Å². The average Bonchev–Trinajstić information content (AvgIpc) is 2.84. The lowest BCUT2D eigenvalue weighted by molar-refractivity contribution is -0.00356. The number of rotatable bonds is 6. The van der Waals surface area contributed by atoms with Crippen LogP contribution in [0.2, 0.25) is 0 Å². The van der Waals surface area contributed by atoms with Crippen LogP contribution in [0.1, 0.15) is 35.4 Å². The number of halogens is 2. The highest BCUT2D eigenvalue weighted by Gasteiger charge is 2.39. The Balaban J connectivity index is 0.00000153. The van der Waals surface area contributed by atoms with E-state index in [2.05, 4.69) is 94.7 Å². The molecule has 5 rings (SSSR count). The fourth-order valence-corrected chi connectivity index (χ4v) is 5.55. The zero-order valence-corrected chi connectivity index (χ0v) is 20.8. The molecule has 33 heavy (non-hydrogen) atoms. The maximum absolute atomic E-state index is 5.31. The molecule has 1 unspecified atom stereocenters. The molecule has 0 aliphatic carbocycles. The molecule has 0 saturated carbocycles. The largest absolute Gasteiger partial charge is 0.497 e. The predicted molar refractivity (Wildman–Crippen MR) is 141 cm³/mol. The Hall–Kier alpha value is -2.04. The van der Waals surface area contributed by atoms with Crippen LogP contribution in [-0.4, -0.2) is 48.6 Å². The fraction of sp³-hybridized carbons (Fsp3) is 0.357. The smallest absolute Gasteiger partial charge is 0.118 e. The Kier molecular flexibility index (Phi) is 9.22. The standard InChI is InChI=1S/C28H32N2O.2ClH/c1-31-26-15-12-22(13-16-26)20-29-18-19-30-21-25(29)14-17-27(30)28(23-8-4-2-5-9-23)24-10-6-3-7-11-24;;/h2-13,15-16,25,27-28H,14,17-21H2,1H3;2*1H/t25-,27-;;/m1../s1. The average molecular weight is 485 g/mol. The van der Waals surface area contributed by atoms with E-state index in [1.165, 1.54) is 36.1 Å². The van der Waals surface area contributed by atoms with Gasteiger partial charge in [-0.15, -0.1) is 24.8 Å². The molecule has 2 aliphatic rings. The molecule has 0 radical (unpaired) electrons. The summed E-state index contributed by atoms with van der Waals surface area (Å²) in [7, 11) is 1.73. The van der Waals surface area contributed by atoms with Crippen LogP contribution < -0.4 is 4.74 Å². The van der Waals surface area contributed by atoms with Crippen molar-refractivity contribution in [2.45, 2.75) is 37.4 Å². The summed E-state index contributed by atoms with van der Waals surface area (Å²) >= 11 is 0. The number of hydrogen-bond donors (Lipinski definition) is 0. The lowest BCUT2D eigenvalue weighted by Crippen LogP contribution is -2.60. The number of nitrogens with zero attached hydrogens (tertiary/aromatic N) is 2. The van der Waals surface area contributed by atoms with E-state index in [1.54, 1.807) is 7.11 Å². The summed E-state index contributed by atoms with van der Waals surface area (Å²) in [6.07, 6.45) is 2.52. The number of piperidine rings is 1. The van der Waals surface area contributed by atoms with Gasteiger partial charge in [0.2, 0.25) is 0 Å². The molecule has 2 bridgehead atoms. The second kappa shape index (κ2) is 11.9. The highest BCUT2D eigenvalue weighted by atomic mass is 35.5. The van der Waals surface area contributed by atoms with Gasteiger partial charge in [-0.2, -0.15) is 0 Å². The third kappa shape index (κ3) is 5.73. The number of benzene rings is 3. The van der Waals surface area contributed by atoms with Crippen molar-refractivity contribution in [3.05, 3.63) is 102 Å². The number of methoxy groups -OCH3 is 1. The van der Waals surface area contributed by atoms with Crippen molar-refractivity contribution < 1.29 is 4.74 Å². The normalized spacial score (nSPS) is 22.2. The zero-order chi connectivity index (χ0) is 21.0. The van der Waals surface area contributed by atoms with Crippen LogP contribution in [0.15, 0.2) is 84.9 Å². The van der Waals surface area contributed by atoms with Gasteiger partial charge >= 0.3 is 0 Å². The van der Waals surface area contributed by atoms with Gasteiger partial charge in [-0.3, -0.25) is 9.80 Å². The van der Waals surface area contributed by atoms with Gasteiger partial charge in [0.15, 0.2) is 0 Å². The van der Waals surface area contributed by atoms with Gasteiger partial charge in [-0.05, 0) is 41.7 Å². The summed E-state index contributed by atoms with van der Waals surface area (Å²) in [6.45, 7) is 4.50. The molecule has 3 aromatic rings. The van der Waals surface area contributed by atoms with Crippen molar-refractivity contribution in [3.63, 3.8) is 0 Å². The number of hydrogen-bond acceptors (Lipinski definition) is 3. The van der Waals surface area contributed by atoms with Crippen molar-refractivity contribution in [3.8, 4) is 5.75 Å². The molecule has 2 fully saturated rings. The molecular weight excluding hydrogens is 451 g/mol. The Morgan fingerprint density at radius 2 is 1.39 bits per heavy atom. The van der Waals surface area contributed by atoms with Gasteiger partial charge in [0, 0.05) is 44.2 Å². The molecule has 3 atom stereocenters. The Morgan fingerprint density at radius 1 is 0.788 bits per heavy atom. The summed E-state index contributed by atoms with van der Waals surface area (Å²) in [5.74, 6) is 1.37. The molecular formula is C28H34Cl2N2O. The van der Waals surface area contributed by atoms with Gasteiger partial charge < -0.3 is 4.74 Å². The topological polar surface area (TPSA) is 15.7 Å². The fourth-order valence-electron chi connectivity index (χ4n) is 5.55. The summed E-state index contributed by atoms with van der Waals surface area (Å²) < 4.78 is 5.31. The molecule has 0 N–H and O–H groups in total. The van der Waals surface area contributed by atoms with E-state index in [4.69, 9.17) is 4.74 Å². The minimum Gasteiger partial charge on any atom is -0.497 e. The molecule has 0 aromatic heterocycles. The molecule has 2 heterocycles. The highest BCUT2D eigenvalue weighted by Crippen LogP contribution is 2.38. The third-order valence-corrected chi connectivity index (χ3v) is 7.15. The van der Waals surface area contributed by atoms with Crippen LogP contribution in [-0.2, 0) is 6.54 Å². The summed E-state index contributed by atoms with van der Waals surface area (Å²) in [6, 6.07) is 32.0. The van der Waals surface area contributed by atoms with Crippen molar-refractivity contribution in [1.82, 2.24) is 9.80 Å². The first-order valence-corrected chi connectivity index (χ1v) is 11.5. The molecule has 0 amide bonds.